The molecule has 0 saturated heterocycles. The first-order valence-electron chi connectivity index (χ1n) is 6.32. The molecule has 3 heteroatoms. The van der Waals surface area contributed by atoms with Gasteiger partial charge >= 0.3 is 0 Å². The summed E-state index contributed by atoms with van der Waals surface area (Å²) in [4.78, 5) is 23.3. The van der Waals surface area contributed by atoms with E-state index in [1.807, 2.05) is 30.3 Å². The third kappa shape index (κ3) is 1.67. The molecule has 0 spiro atoms. The van der Waals surface area contributed by atoms with Gasteiger partial charge in [-0.2, -0.15) is 0 Å². The molecule has 0 unspecified atom stereocenters. The van der Waals surface area contributed by atoms with Crippen LogP contribution in [0.2, 0.25) is 0 Å². The SMILES string of the molecule is C=C(C)C(=O)n1c2ccccc2c2cc(C=O)ccc21. The number of aromatic nitrogens is 1. The lowest BCUT2D eigenvalue weighted by atomic mass is 10.1. The molecule has 0 saturated carbocycles. The smallest absolute Gasteiger partial charge is 0.257 e. The highest BCUT2D eigenvalue weighted by molar-refractivity contribution is 6.16. The molecule has 0 N–H and O–H groups in total. The van der Waals surface area contributed by atoms with Gasteiger partial charge in [0.1, 0.15) is 6.29 Å². The van der Waals surface area contributed by atoms with Gasteiger partial charge in [0.25, 0.3) is 5.91 Å². The summed E-state index contributed by atoms with van der Waals surface area (Å²) in [7, 11) is 0. The first-order valence-corrected chi connectivity index (χ1v) is 6.32. The molecule has 0 atom stereocenters. The van der Waals surface area contributed by atoms with E-state index in [0.717, 1.165) is 28.1 Å². The van der Waals surface area contributed by atoms with E-state index in [-0.39, 0.29) is 5.91 Å². The summed E-state index contributed by atoms with van der Waals surface area (Å²) in [6.45, 7) is 5.43. The van der Waals surface area contributed by atoms with E-state index in [0.29, 0.717) is 11.1 Å². The molecule has 98 valence electrons. The molecule has 20 heavy (non-hydrogen) atoms. The van der Waals surface area contributed by atoms with E-state index in [9.17, 15) is 9.59 Å². The van der Waals surface area contributed by atoms with Crippen molar-refractivity contribution < 1.29 is 9.59 Å². The Balaban J connectivity index is 2.50. The van der Waals surface area contributed by atoms with Crippen molar-refractivity contribution in [3.05, 3.63) is 60.2 Å². The third-order valence-electron chi connectivity index (χ3n) is 3.40. The lowest BCUT2D eigenvalue weighted by molar-refractivity contribution is 0.0965. The number of para-hydroxylation sites is 1. The monoisotopic (exact) mass is 263 g/mol. The number of carbonyl (C=O) groups excluding carboxylic acids is 2. The Hall–Kier alpha value is -2.68. The Morgan fingerprint density at radius 2 is 1.80 bits per heavy atom. The quantitative estimate of drug-likeness (QED) is 0.520. The van der Waals surface area contributed by atoms with Crippen LogP contribution in [0.15, 0.2) is 54.6 Å². The van der Waals surface area contributed by atoms with Crippen molar-refractivity contribution in [3.8, 4) is 0 Å². The molecule has 3 rings (SSSR count). The second-order valence-electron chi connectivity index (χ2n) is 4.83. The molecule has 1 aromatic heterocycles. The van der Waals surface area contributed by atoms with Crippen LogP contribution in [0.3, 0.4) is 0 Å². The number of benzene rings is 2. The van der Waals surface area contributed by atoms with Gasteiger partial charge in [0.2, 0.25) is 0 Å². The molecule has 3 nitrogen and oxygen atoms in total. The molecule has 3 aromatic rings. The second-order valence-corrected chi connectivity index (χ2v) is 4.83. The van der Waals surface area contributed by atoms with Crippen LogP contribution in [0.5, 0.6) is 0 Å². The lowest BCUT2D eigenvalue weighted by Crippen LogP contribution is -2.10. The normalized spacial score (nSPS) is 10.8. The van der Waals surface area contributed by atoms with Gasteiger partial charge in [-0.1, -0.05) is 24.8 Å². The average molecular weight is 263 g/mol. The molecular weight excluding hydrogens is 250 g/mol. The minimum Gasteiger partial charge on any atom is -0.298 e. The predicted molar refractivity (Wildman–Crippen MR) is 80.3 cm³/mol. The van der Waals surface area contributed by atoms with E-state index < -0.39 is 0 Å². The average Bonchev–Trinajstić information content (AvgIpc) is 2.80. The summed E-state index contributed by atoms with van der Waals surface area (Å²) in [6.07, 6.45) is 0.812. The van der Waals surface area contributed by atoms with Crippen LogP contribution in [-0.2, 0) is 0 Å². The van der Waals surface area contributed by atoms with Gasteiger partial charge in [0.05, 0.1) is 11.0 Å². The van der Waals surface area contributed by atoms with Gasteiger partial charge in [0, 0.05) is 21.9 Å². The molecule has 0 bridgehead atoms. The van der Waals surface area contributed by atoms with Crippen molar-refractivity contribution in [2.75, 3.05) is 0 Å². The van der Waals surface area contributed by atoms with Crippen molar-refractivity contribution in [2.24, 2.45) is 0 Å². The van der Waals surface area contributed by atoms with Crippen LogP contribution in [0.25, 0.3) is 21.8 Å². The first kappa shape index (κ1) is 12.4. The number of hydrogen-bond donors (Lipinski definition) is 0. The van der Waals surface area contributed by atoms with Gasteiger partial charge in [-0.25, -0.2) is 0 Å². The number of carbonyl (C=O) groups is 2. The van der Waals surface area contributed by atoms with Crippen molar-refractivity contribution in [1.82, 2.24) is 4.57 Å². The van der Waals surface area contributed by atoms with E-state index in [2.05, 4.69) is 6.58 Å². The Kier molecular flexibility index (Phi) is 2.75. The highest BCUT2D eigenvalue weighted by Crippen LogP contribution is 2.30. The zero-order chi connectivity index (χ0) is 14.3. The maximum absolute atomic E-state index is 12.4. The highest BCUT2D eigenvalue weighted by Gasteiger charge is 2.16. The fourth-order valence-corrected chi connectivity index (χ4v) is 2.47. The molecule has 0 aliphatic heterocycles. The lowest BCUT2D eigenvalue weighted by Gasteiger charge is -2.05. The van der Waals surface area contributed by atoms with E-state index in [1.165, 1.54) is 0 Å². The minimum absolute atomic E-state index is 0.130. The summed E-state index contributed by atoms with van der Waals surface area (Å²) in [5.41, 5.74) is 2.71. The third-order valence-corrected chi connectivity index (χ3v) is 3.40. The number of nitrogens with zero attached hydrogens (tertiary/aromatic N) is 1. The van der Waals surface area contributed by atoms with Crippen LogP contribution in [-0.4, -0.2) is 16.8 Å². The van der Waals surface area contributed by atoms with Gasteiger partial charge in [0.15, 0.2) is 0 Å². The molecule has 0 aliphatic rings. The Labute approximate surface area is 116 Å². The van der Waals surface area contributed by atoms with E-state index in [1.54, 1.807) is 23.6 Å². The number of rotatable bonds is 2. The van der Waals surface area contributed by atoms with E-state index in [4.69, 9.17) is 0 Å². The highest BCUT2D eigenvalue weighted by atomic mass is 16.2. The Morgan fingerprint density at radius 1 is 1.10 bits per heavy atom. The number of allylic oxidation sites excluding steroid dienone is 1. The molecular formula is C17H13NO2. The van der Waals surface area contributed by atoms with Crippen LogP contribution in [0.1, 0.15) is 22.1 Å². The largest absolute Gasteiger partial charge is 0.298 e. The molecule has 0 fully saturated rings. The maximum atomic E-state index is 12.4. The number of fused-ring (bicyclic) bond motifs is 3. The molecule has 2 aromatic carbocycles. The molecule has 0 aliphatic carbocycles. The zero-order valence-corrected chi connectivity index (χ0v) is 11.1. The Morgan fingerprint density at radius 3 is 2.50 bits per heavy atom. The zero-order valence-electron chi connectivity index (χ0n) is 11.1. The molecule has 0 radical (unpaired) electrons. The van der Waals surface area contributed by atoms with Gasteiger partial charge in [-0.15, -0.1) is 0 Å². The van der Waals surface area contributed by atoms with Gasteiger partial charge in [-0.3, -0.25) is 14.2 Å². The second kappa shape index (κ2) is 4.46. The van der Waals surface area contributed by atoms with Crippen LogP contribution >= 0.6 is 0 Å². The number of aldehydes is 1. The summed E-state index contributed by atoms with van der Waals surface area (Å²) >= 11 is 0. The predicted octanol–water partition coefficient (Wildman–Crippen LogP) is 3.82. The van der Waals surface area contributed by atoms with Crippen molar-refractivity contribution in [1.29, 1.82) is 0 Å². The minimum atomic E-state index is -0.130. The summed E-state index contributed by atoms with van der Waals surface area (Å²) in [5, 5.41) is 1.86. The molecule has 1 heterocycles. The van der Waals surface area contributed by atoms with Gasteiger partial charge < -0.3 is 0 Å². The number of hydrogen-bond acceptors (Lipinski definition) is 2. The fraction of sp³-hybridized carbons (Fsp3) is 0.0588. The topological polar surface area (TPSA) is 39.1 Å². The van der Waals surface area contributed by atoms with Crippen molar-refractivity contribution >= 4 is 34.0 Å². The van der Waals surface area contributed by atoms with Crippen LogP contribution < -0.4 is 0 Å². The molecule has 0 amide bonds. The van der Waals surface area contributed by atoms with Crippen molar-refractivity contribution in [2.45, 2.75) is 6.92 Å². The first-order chi connectivity index (χ1) is 9.63. The fourth-order valence-electron chi connectivity index (χ4n) is 2.47. The standard InChI is InChI=1S/C17H13NO2/c1-11(2)17(20)18-15-6-4-3-5-13(15)14-9-12(10-19)7-8-16(14)18/h3-10H,1H2,2H3. The van der Waals surface area contributed by atoms with Crippen LogP contribution in [0, 0.1) is 0 Å². The maximum Gasteiger partial charge on any atom is 0.257 e. The van der Waals surface area contributed by atoms with Crippen LogP contribution in [0.4, 0.5) is 0 Å². The Bertz CT molecular complexity index is 871. The summed E-state index contributed by atoms with van der Waals surface area (Å²) < 4.78 is 1.65. The summed E-state index contributed by atoms with van der Waals surface area (Å²) in [5.74, 6) is -0.130. The van der Waals surface area contributed by atoms with Gasteiger partial charge in [-0.05, 0) is 31.2 Å². The van der Waals surface area contributed by atoms with Crippen molar-refractivity contribution in [3.63, 3.8) is 0 Å². The van der Waals surface area contributed by atoms with E-state index >= 15 is 0 Å². The summed E-state index contributed by atoms with van der Waals surface area (Å²) in [6, 6.07) is 13.0.